The van der Waals surface area contributed by atoms with Gasteiger partial charge in [0.1, 0.15) is 0 Å². The van der Waals surface area contributed by atoms with Crippen LogP contribution in [0, 0.1) is 11.3 Å². The summed E-state index contributed by atoms with van der Waals surface area (Å²) in [5.41, 5.74) is 9.87. The first-order valence-corrected chi connectivity index (χ1v) is 16.9. The number of hydrogen-bond donors (Lipinski definition) is 0. The maximum Gasteiger partial charge on any atom is 0.0991 e. The molecule has 0 unspecified atom stereocenters. The summed E-state index contributed by atoms with van der Waals surface area (Å²) in [6, 6.07) is 56.9. The fraction of sp³-hybridized carbons (Fsp3) is 0. The van der Waals surface area contributed by atoms with Crippen LogP contribution >= 0.6 is 22.7 Å². The van der Waals surface area contributed by atoms with Crippen LogP contribution in [0.25, 0.3) is 84.9 Å². The number of fused-ring (bicyclic) bond motifs is 6. The Kier molecular flexibility index (Phi) is 6.31. The summed E-state index contributed by atoms with van der Waals surface area (Å²) in [5, 5.41) is 14.9. The van der Waals surface area contributed by atoms with E-state index in [1.807, 2.05) is 40.9 Å². The molecule has 0 bridgehead atoms. The summed E-state index contributed by atoms with van der Waals surface area (Å²) >= 11 is 3.69. The summed E-state index contributed by atoms with van der Waals surface area (Å²) in [6.07, 6.45) is 0. The Morgan fingerprint density at radius 2 is 0.891 bits per heavy atom. The molecule has 0 saturated carbocycles. The first kappa shape index (κ1) is 26.8. The third-order valence-electron chi connectivity index (χ3n) is 8.90. The summed E-state index contributed by atoms with van der Waals surface area (Å²) in [4.78, 5) is 0. The molecule has 9 rings (SSSR count). The SMILES string of the molecule is N#Cc1cccc(-c2cc(-c3ccc4sc5ccccc5c4c3)c(-c3ccccc3)c(-c3ccc4sc5ccccc5c4c3)c2)c1. The Balaban J connectivity index is 1.38. The third-order valence-corrected chi connectivity index (χ3v) is 11.2. The largest absolute Gasteiger partial charge is 0.192 e. The molecule has 0 saturated heterocycles. The molecule has 46 heavy (non-hydrogen) atoms. The van der Waals surface area contributed by atoms with Gasteiger partial charge in [0.05, 0.1) is 11.6 Å². The van der Waals surface area contributed by atoms with Crippen molar-refractivity contribution in [1.82, 2.24) is 0 Å². The van der Waals surface area contributed by atoms with E-state index in [0.29, 0.717) is 5.56 Å². The molecule has 7 aromatic carbocycles. The summed E-state index contributed by atoms with van der Waals surface area (Å²) < 4.78 is 5.19. The average Bonchev–Trinajstić information content (AvgIpc) is 3.69. The van der Waals surface area contributed by atoms with E-state index in [4.69, 9.17) is 0 Å². The maximum atomic E-state index is 9.75. The zero-order valence-corrected chi connectivity index (χ0v) is 26.3. The molecule has 0 aliphatic heterocycles. The molecule has 0 amide bonds. The molecule has 214 valence electrons. The van der Waals surface area contributed by atoms with Crippen molar-refractivity contribution in [2.45, 2.75) is 0 Å². The van der Waals surface area contributed by atoms with Crippen LogP contribution in [0.3, 0.4) is 0 Å². The molecule has 0 atom stereocenters. The Bertz CT molecular complexity index is 2520. The minimum atomic E-state index is 0.657. The molecule has 0 N–H and O–H groups in total. The molecule has 0 aliphatic carbocycles. The standard InChI is InChI=1S/C43H25NS2/c44-26-27-9-8-12-29(21-27)32-24-35(30-17-19-41-37(22-30)33-13-4-6-15-39(33)45-41)43(28-10-2-1-3-11-28)36(25-32)31-18-20-42-38(23-31)34-14-5-7-16-40(34)46-42/h1-25H. The Morgan fingerprint density at radius 3 is 1.48 bits per heavy atom. The van der Waals surface area contributed by atoms with Gasteiger partial charge in [0.25, 0.3) is 0 Å². The van der Waals surface area contributed by atoms with E-state index in [2.05, 4.69) is 140 Å². The van der Waals surface area contributed by atoms with E-state index < -0.39 is 0 Å². The molecule has 0 aliphatic rings. The minimum Gasteiger partial charge on any atom is -0.192 e. The van der Waals surface area contributed by atoms with Crippen molar-refractivity contribution >= 4 is 63.0 Å². The predicted molar refractivity (Wildman–Crippen MR) is 199 cm³/mol. The number of hydrogen-bond acceptors (Lipinski definition) is 3. The Labute approximate surface area is 274 Å². The van der Waals surface area contributed by atoms with Crippen LogP contribution in [0.5, 0.6) is 0 Å². The summed E-state index contributed by atoms with van der Waals surface area (Å²) in [5.74, 6) is 0. The number of thiophene rings is 2. The van der Waals surface area contributed by atoms with E-state index in [9.17, 15) is 5.26 Å². The van der Waals surface area contributed by atoms with Crippen LogP contribution < -0.4 is 0 Å². The smallest absolute Gasteiger partial charge is 0.0991 e. The monoisotopic (exact) mass is 619 g/mol. The second kappa shape index (κ2) is 10.8. The zero-order chi connectivity index (χ0) is 30.6. The van der Waals surface area contributed by atoms with E-state index in [-0.39, 0.29) is 0 Å². The number of nitriles is 1. The van der Waals surface area contributed by atoms with E-state index in [1.54, 1.807) is 0 Å². The van der Waals surface area contributed by atoms with Gasteiger partial charge in [-0.1, -0.05) is 91.0 Å². The van der Waals surface area contributed by atoms with Crippen LogP contribution in [0.15, 0.2) is 152 Å². The fourth-order valence-corrected chi connectivity index (χ4v) is 8.91. The minimum absolute atomic E-state index is 0.657. The fourth-order valence-electron chi connectivity index (χ4n) is 6.74. The Morgan fingerprint density at radius 1 is 0.370 bits per heavy atom. The van der Waals surface area contributed by atoms with E-state index in [0.717, 1.165) is 11.1 Å². The van der Waals surface area contributed by atoms with Crippen molar-refractivity contribution in [2.24, 2.45) is 0 Å². The Hall–Kier alpha value is -5.53. The number of benzene rings is 7. The van der Waals surface area contributed by atoms with Gasteiger partial charge < -0.3 is 0 Å². The van der Waals surface area contributed by atoms with Gasteiger partial charge in [0.2, 0.25) is 0 Å². The lowest BCUT2D eigenvalue weighted by atomic mass is 9.84. The van der Waals surface area contributed by atoms with Crippen molar-refractivity contribution in [1.29, 1.82) is 5.26 Å². The second-order valence-electron chi connectivity index (χ2n) is 11.6. The summed E-state index contributed by atoms with van der Waals surface area (Å²) in [6.45, 7) is 0. The lowest BCUT2D eigenvalue weighted by Crippen LogP contribution is -1.93. The molecule has 0 fully saturated rings. The van der Waals surface area contributed by atoms with Gasteiger partial charge in [0.15, 0.2) is 0 Å². The van der Waals surface area contributed by atoms with Gasteiger partial charge in [0, 0.05) is 40.3 Å². The van der Waals surface area contributed by atoms with Crippen LogP contribution in [0.2, 0.25) is 0 Å². The molecule has 0 spiro atoms. The van der Waals surface area contributed by atoms with E-state index in [1.165, 1.54) is 73.7 Å². The lowest BCUT2D eigenvalue weighted by Gasteiger charge is -2.19. The average molecular weight is 620 g/mol. The molecular weight excluding hydrogens is 595 g/mol. The molecule has 9 aromatic rings. The van der Waals surface area contributed by atoms with Gasteiger partial charge in [-0.05, 0) is 105 Å². The molecule has 3 heteroatoms. The molecule has 2 aromatic heterocycles. The van der Waals surface area contributed by atoms with Gasteiger partial charge in [-0.25, -0.2) is 0 Å². The topological polar surface area (TPSA) is 23.8 Å². The number of nitrogens with zero attached hydrogens (tertiary/aromatic N) is 1. The molecule has 0 radical (unpaired) electrons. The van der Waals surface area contributed by atoms with Crippen molar-refractivity contribution in [3.8, 4) is 50.6 Å². The van der Waals surface area contributed by atoms with Crippen LogP contribution in [-0.2, 0) is 0 Å². The molecular formula is C43H25NS2. The highest BCUT2D eigenvalue weighted by molar-refractivity contribution is 7.26. The molecule has 2 heterocycles. The summed E-state index contributed by atoms with van der Waals surface area (Å²) in [7, 11) is 0. The maximum absolute atomic E-state index is 9.75. The van der Waals surface area contributed by atoms with Gasteiger partial charge in [-0.15, -0.1) is 22.7 Å². The van der Waals surface area contributed by atoms with Crippen molar-refractivity contribution in [2.75, 3.05) is 0 Å². The third kappa shape index (κ3) is 4.43. The predicted octanol–water partition coefficient (Wildman–Crippen LogP) is 13.0. The zero-order valence-electron chi connectivity index (χ0n) is 24.7. The van der Waals surface area contributed by atoms with E-state index >= 15 is 0 Å². The normalized spacial score (nSPS) is 11.5. The van der Waals surface area contributed by atoms with Crippen molar-refractivity contribution in [3.63, 3.8) is 0 Å². The van der Waals surface area contributed by atoms with Crippen molar-refractivity contribution < 1.29 is 0 Å². The highest BCUT2D eigenvalue weighted by atomic mass is 32.1. The van der Waals surface area contributed by atoms with Gasteiger partial charge >= 0.3 is 0 Å². The lowest BCUT2D eigenvalue weighted by molar-refractivity contribution is 1.48. The van der Waals surface area contributed by atoms with Crippen LogP contribution in [-0.4, -0.2) is 0 Å². The van der Waals surface area contributed by atoms with Crippen LogP contribution in [0.4, 0.5) is 0 Å². The first-order valence-electron chi connectivity index (χ1n) is 15.3. The second-order valence-corrected chi connectivity index (χ2v) is 13.8. The van der Waals surface area contributed by atoms with Gasteiger partial charge in [-0.3, -0.25) is 0 Å². The quantitative estimate of drug-likeness (QED) is 0.192. The van der Waals surface area contributed by atoms with Crippen molar-refractivity contribution in [3.05, 3.63) is 157 Å². The highest BCUT2D eigenvalue weighted by Gasteiger charge is 2.19. The first-order chi connectivity index (χ1) is 22.7. The van der Waals surface area contributed by atoms with Crippen LogP contribution in [0.1, 0.15) is 5.56 Å². The molecule has 1 nitrogen and oxygen atoms in total. The highest BCUT2D eigenvalue weighted by Crippen LogP contribution is 2.46. The van der Waals surface area contributed by atoms with Gasteiger partial charge in [-0.2, -0.15) is 5.26 Å². The number of rotatable bonds is 4.